The van der Waals surface area contributed by atoms with Crippen molar-refractivity contribution in [3.8, 4) is 22.3 Å². The molecule has 0 saturated carbocycles. The molecule has 0 atom stereocenters. The van der Waals surface area contributed by atoms with Crippen LogP contribution in [0.1, 0.15) is 0 Å². The fraction of sp³-hybridized carbons (Fsp3) is 0. The third kappa shape index (κ3) is 4.86. The average molecular weight is 694 g/mol. The van der Waals surface area contributed by atoms with Crippen LogP contribution in [0.5, 0.6) is 0 Å². The van der Waals surface area contributed by atoms with Gasteiger partial charge in [-0.25, -0.2) is 0 Å². The first-order chi connectivity index (χ1) is 26.3. The van der Waals surface area contributed by atoms with E-state index in [0.29, 0.717) is 0 Å². The van der Waals surface area contributed by atoms with Gasteiger partial charge in [0.15, 0.2) is 0 Å². The zero-order chi connectivity index (χ0) is 34.9. The summed E-state index contributed by atoms with van der Waals surface area (Å²) < 4.78 is 9.31. The Morgan fingerprint density at radius 2 is 1.13 bits per heavy atom. The number of thiophene rings is 1. The molecule has 2 heterocycles. The van der Waals surface area contributed by atoms with E-state index in [1.54, 1.807) is 0 Å². The highest BCUT2D eigenvalue weighted by Crippen LogP contribution is 2.46. The highest BCUT2D eigenvalue weighted by atomic mass is 32.1. The summed E-state index contributed by atoms with van der Waals surface area (Å²) in [6.07, 6.45) is 0. The molecule has 0 aliphatic carbocycles. The third-order valence-corrected chi connectivity index (χ3v) is 11.9. The van der Waals surface area contributed by atoms with E-state index in [9.17, 15) is 0 Å². The maximum Gasteiger partial charge on any atom is 0.143 e. The largest absolute Gasteiger partial charge is 0.455 e. The van der Waals surface area contributed by atoms with Crippen molar-refractivity contribution in [2.24, 2.45) is 0 Å². The molecule has 0 amide bonds. The number of hydrogen-bond donors (Lipinski definition) is 0. The van der Waals surface area contributed by atoms with Crippen molar-refractivity contribution < 1.29 is 4.42 Å². The second-order valence-corrected chi connectivity index (χ2v) is 14.7. The number of hydrogen-bond acceptors (Lipinski definition) is 3. The summed E-state index contributed by atoms with van der Waals surface area (Å²) in [7, 11) is 0. The molecule has 2 aromatic heterocycles. The van der Waals surface area contributed by atoms with Crippen LogP contribution >= 0.6 is 11.3 Å². The summed E-state index contributed by atoms with van der Waals surface area (Å²) in [5.41, 5.74) is 9.85. The molecule has 0 unspecified atom stereocenters. The van der Waals surface area contributed by atoms with Gasteiger partial charge < -0.3 is 9.32 Å². The number of fused-ring (bicyclic) bond motifs is 9. The number of benzene rings is 9. The number of anilines is 3. The highest BCUT2D eigenvalue weighted by Gasteiger charge is 2.21. The molecule has 9 aromatic carbocycles. The van der Waals surface area contributed by atoms with E-state index in [0.717, 1.165) is 44.4 Å². The Labute approximate surface area is 310 Å². The molecule has 248 valence electrons. The van der Waals surface area contributed by atoms with Crippen LogP contribution in [0, 0.1) is 0 Å². The molecule has 0 bridgehead atoms. The Morgan fingerprint density at radius 1 is 0.415 bits per heavy atom. The maximum atomic E-state index is 6.69. The van der Waals surface area contributed by atoms with Crippen molar-refractivity contribution in [2.75, 3.05) is 4.90 Å². The fourth-order valence-corrected chi connectivity index (χ4v) is 9.35. The maximum absolute atomic E-state index is 6.69. The lowest BCUT2D eigenvalue weighted by Gasteiger charge is -2.27. The Kier molecular flexibility index (Phi) is 6.76. The smallest absolute Gasteiger partial charge is 0.143 e. The SMILES string of the molecule is c1cc(-c2cccc3c2sc2ccccc23)cc(N(c2ccc(-c3ccc4ccccc4c3)cc2)c2cccc3oc4c5ccccc5ccc4c23)c1. The second kappa shape index (κ2) is 11.9. The summed E-state index contributed by atoms with van der Waals surface area (Å²) in [6.45, 7) is 0. The lowest BCUT2D eigenvalue weighted by atomic mass is 9.99. The minimum atomic E-state index is 0.873. The van der Waals surface area contributed by atoms with Crippen LogP contribution < -0.4 is 4.90 Å². The monoisotopic (exact) mass is 693 g/mol. The molecule has 0 spiro atoms. The van der Waals surface area contributed by atoms with Gasteiger partial charge in [-0.3, -0.25) is 0 Å². The number of nitrogens with zero attached hydrogens (tertiary/aromatic N) is 1. The van der Waals surface area contributed by atoms with E-state index in [2.05, 4.69) is 193 Å². The van der Waals surface area contributed by atoms with Gasteiger partial charge in [-0.2, -0.15) is 0 Å². The van der Waals surface area contributed by atoms with Gasteiger partial charge in [0.2, 0.25) is 0 Å². The Hall–Kier alpha value is -6.68. The molecule has 0 N–H and O–H groups in total. The Morgan fingerprint density at radius 3 is 2.04 bits per heavy atom. The van der Waals surface area contributed by atoms with Gasteiger partial charge in [0.05, 0.1) is 11.1 Å². The van der Waals surface area contributed by atoms with E-state index in [1.165, 1.54) is 58.6 Å². The normalized spacial score (nSPS) is 11.8. The van der Waals surface area contributed by atoms with Gasteiger partial charge in [-0.15, -0.1) is 11.3 Å². The quantitative estimate of drug-likeness (QED) is 0.178. The molecule has 0 radical (unpaired) electrons. The molecule has 2 nitrogen and oxygen atoms in total. The van der Waals surface area contributed by atoms with Crippen LogP contribution in [0.3, 0.4) is 0 Å². The highest BCUT2D eigenvalue weighted by molar-refractivity contribution is 7.26. The average Bonchev–Trinajstić information content (AvgIpc) is 3.81. The van der Waals surface area contributed by atoms with Crippen molar-refractivity contribution in [3.05, 3.63) is 188 Å². The van der Waals surface area contributed by atoms with Crippen LogP contribution in [-0.2, 0) is 0 Å². The lowest BCUT2D eigenvalue weighted by molar-refractivity contribution is 0.672. The van der Waals surface area contributed by atoms with Crippen LogP contribution in [0.2, 0.25) is 0 Å². The lowest BCUT2D eigenvalue weighted by Crippen LogP contribution is -2.10. The van der Waals surface area contributed by atoms with E-state index >= 15 is 0 Å². The molecule has 3 heteroatoms. The van der Waals surface area contributed by atoms with Crippen molar-refractivity contribution in [1.82, 2.24) is 0 Å². The first-order valence-corrected chi connectivity index (χ1v) is 18.8. The molecule has 0 aliphatic rings. The summed E-state index contributed by atoms with van der Waals surface area (Å²) in [5, 5.41) is 9.61. The van der Waals surface area contributed by atoms with Gasteiger partial charge in [-0.05, 0) is 93.0 Å². The minimum absolute atomic E-state index is 0.873. The molecular weight excluding hydrogens is 663 g/mol. The summed E-state index contributed by atoms with van der Waals surface area (Å²) in [5.74, 6) is 0. The molecule has 0 saturated heterocycles. The molecule has 53 heavy (non-hydrogen) atoms. The second-order valence-electron chi connectivity index (χ2n) is 13.7. The number of furan rings is 1. The van der Waals surface area contributed by atoms with Crippen molar-refractivity contribution in [2.45, 2.75) is 0 Å². The Balaban J connectivity index is 1.12. The molecule has 11 aromatic rings. The molecule has 0 fully saturated rings. The predicted octanol–water partition coefficient (Wildman–Crippen LogP) is 15.1. The van der Waals surface area contributed by atoms with Crippen LogP contribution in [0.25, 0.3) is 85.9 Å². The summed E-state index contributed by atoms with van der Waals surface area (Å²) >= 11 is 1.87. The van der Waals surface area contributed by atoms with Gasteiger partial charge in [0.25, 0.3) is 0 Å². The standard InChI is InChI=1S/C50H31NOS/c1-2-12-35-30-36(23-22-32(35)10-1)33-24-27-38(28-25-33)51(45-19-9-20-46-48(45)44-29-26-34-11-3-4-15-40(34)49(44)52-46)39-14-7-13-37(31-39)41-17-8-18-43-42-16-5-6-21-47(42)53-50(41)43/h1-31H. The van der Waals surface area contributed by atoms with E-state index in [-0.39, 0.29) is 0 Å². The van der Waals surface area contributed by atoms with Crippen LogP contribution in [0.4, 0.5) is 17.1 Å². The first kappa shape index (κ1) is 30.0. The van der Waals surface area contributed by atoms with Gasteiger partial charge in [0, 0.05) is 42.3 Å². The third-order valence-electron chi connectivity index (χ3n) is 10.6. The van der Waals surface area contributed by atoms with Crippen LogP contribution in [-0.4, -0.2) is 0 Å². The molecule has 11 rings (SSSR count). The Bertz CT molecular complexity index is 3190. The van der Waals surface area contributed by atoms with Crippen LogP contribution in [0.15, 0.2) is 192 Å². The molecular formula is C50H31NOS. The summed E-state index contributed by atoms with van der Waals surface area (Å²) in [6, 6.07) is 68.0. The zero-order valence-corrected chi connectivity index (χ0v) is 29.5. The number of rotatable bonds is 5. The topological polar surface area (TPSA) is 16.4 Å². The van der Waals surface area contributed by atoms with E-state index in [4.69, 9.17) is 4.42 Å². The zero-order valence-electron chi connectivity index (χ0n) is 28.7. The van der Waals surface area contributed by atoms with Gasteiger partial charge in [0.1, 0.15) is 11.2 Å². The summed E-state index contributed by atoms with van der Waals surface area (Å²) in [4.78, 5) is 2.39. The van der Waals surface area contributed by atoms with Crippen molar-refractivity contribution >= 4 is 92.1 Å². The first-order valence-electron chi connectivity index (χ1n) is 18.0. The van der Waals surface area contributed by atoms with Crippen molar-refractivity contribution in [3.63, 3.8) is 0 Å². The van der Waals surface area contributed by atoms with E-state index in [1.807, 2.05) is 11.3 Å². The van der Waals surface area contributed by atoms with Crippen molar-refractivity contribution in [1.29, 1.82) is 0 Å². The predicted molar refractivity (Wildman–Crippen MR) is 227 cm³/mol. The van der Waals surface area contributed by atoms with E-state index < -0.39 is 0 Å². The van der Waals surface area contributed by atoms with Gasteiger partial charge in [-0.1, -0.05) is 133 Å². The minimum Gasteiger partial charge on any atom is -0.455 e. The fourth-order valence-electron chi connectivity index (χ4n) is 8.11. The van der Waals surface area contributed by atoms with Gasteiger partial charge >= 0.3 is 0 Å². The molecule has 0 aliphatic heterocycles.